The average molecular weight is 308 g/mol. The normalized spacial score (nSPS) is 10.7. The van der Waals surface area contributed by atoms with E-state index < -0.39 is 0 Å². The molecule has 0 atom stereocenters. The minimum absolute atomic E-state index is 0. The average Bonchev–Trinajstić information content (AvgIpc) is 2.32. The molecule has 0 radical (unpaired) electrons. The second-order valence-electron chi connectivity index (χ2n) is 5.91. The number of rotatable bonds is 9. The molecule has 0 saturated heterocycles. The lowest BCUT2D eigenvalue weighted by Gasteiger charge is -2.29. The van der Waals surface area contributed by atoms with E-state index in [1.165, 1.54) is 6.92 Å². The van der Waals surface area contributed by atoms with Crippen molar-refractivity contribution in [1.82, 2.24) is 10.2 Å². The quantitative estimate of drug-likeness (QED) is 0.635. The summed E-state index contributed by atoms with van der Waals surface area (Å²) in [6.07, 6.45) is 3.31. The van der Waals surface area contributed by atoms with Crippen LogP contribution in [0.25, 0.3) is 0 Å². The molecule has 0 unspecified atom stereocenters. The van der Waals surface area contributed by atoms with Crippen LogP contribution in [0.1, 0.15) is 46.5 Å². The Hall–Kier alpha value is -0.810. The summed E-state index contributed by atoms with van der Waals surface area (Å²) in [6, 6.07) is 0. The molecule has 120 valence electrons. The summed E-state index contributed by atoms with van der Waals surface area (Å²) in [7, 11) is 1.83. The molecule has 0 aromatic rings. The van der Waals surface area contributed by atoms with Crippen molar-refractivity contribution < 1.29 is 9.59 Å². The van der Waals surface area contributed by atoms with Crippen molar-refractivity contribution in [3.8, 4) is 0 Å². The van der Waals surface area contributed by atoms with Gasteiger partial charge in [0.1, 0.15) is 0 Å². The SMILES string of the molecule is CC(=O)NCCCCCC(=O)N(C)CC(C)(C)CN.Cl. The summed E-state index contributed by atoms with van der Waals surface area (Å²) in [6.45, 7) is 7.58. The number of hydrogen-bond acceptors (Lipinski definition) is 3. The first kappa shape index (κ1) is 21.5. The van der Waals surface area contributed by atoms with E-state index in [-0.39, 0.29) is 29.6 Å². The number of hydrogen-bond donors (Lipinski definition) is 2. The fraction of sp³-hybridized carbons (Fsp3) is 0.857. The highest BCUT2D eigenvalue weighted by molar-refractivity contribution is 5.85. The minimum atomic E-state index is -0.0319. The Balaban J connectivity index is 0. The molecule has 20 heavy (non-hydrogen) atoms. The molecule has 0 rings (SSSR count). The van der Waals surface area contributed by atoms with Crippen LogP contribution in [0.15, 0.2) is 0 Å². The zero-order chi connectivity index (χ0) is 14.9. The van der Waals surface area contributed by atoms with Gasteiger partial charge < -0.3 is 16.0 Å². The molecule has 0 aromatic carbocycles. The molecule has 0 heterocycles. The Bertz CT molecular complexity index is 296. The second kappa shape index (κ2) is 10.9. The third-order valence-electron chi connectivity index (χ3n) is 3.08. The van der Waals surface area contributed by atoms with Gasteiger partial charge in [0.15, 0.2) is 0 Å². The number of nitrogens with two attached hydrogens (primary N) is 1. The van der Waals surface area contributed by atoms with Crippen LogP contribution in [0, 0.1) is 5.41 Å². The number of carbonyl (C=O) groups is 2. The summed E-state index contributed by atoms with van der Waals surface area (Å²) in [4.78, 5) is 24.3. The van der Waals surface area contributed by atoms with Crippen molar-refractivity contribution in [1.29, 1.82) is 0 Å². The maximum absolute atomic E-state index is 11.9. The zero-order valence-corrected chi connectivity index (χ0v) is 14.0. The molecular weight excluding hydrogens is 278 g/mol. The van der Waals surface area contributed by atoms with Gasteiger partial charge in [-0.05, 0) is 24.8 Å². The van der Waals surface area contributed by atoms with Crippen molar-refractivity contribution in [2.24, 2.45) is 11.1 Å². The predicted octanol–water partition coefficient (Wildman–Crippen LogP) is 1.55. The summed E-state index contributed by atoms with van der Waals surface area (Å²) >= 11 is 0. The number of nitrogens with one attached hydrogen (secondary N) is 1. The van der Waals surface area contributed by atoms with Gasteiger partial charge in [0.25, 0.3) is 0 Å². The standard InChI is InChI=1S/C14H29N3O2.ClH/c1-12(18)16-9-7-5-6-8-13(19)17(4)11-14(2,3)10-15;/h5-11,15H2,1-4H3,(H,16,18);1H. The number of unbranched alkanes of at least 4 members (excludes halogenated alkanes) is 2. The molecule has 0 aliphatic heterocycles. The lowest BCUT2D eigenvalue weighted by atomic mass is 9.93. The van der Waals surface area contributed by atoms with Gasteiger partial charge in [-0.3, -0.25) is 9.59 Å². The molecule has 6 heteroatoms. The highest BCUT2D eigenvalue weighted by atomic mass is 35.5. The van der Waals surface area contributed by atoms with E-state index in [1.807, 2.05) is 7.05 Å². The Labute approximate surface area is 129 Å². The summed E-state index contributed by atoms with van der Waals surface area (Å²) < 4.78 is 0. The highest BCUT2D eigenvalue weighted by Crippen LogP contribution is 2.14. The minimum Gasteiger partial charge on any atom is -0.356 e. The Morgan fingerprint density at radius 3 is 2.30 bits per heavy atom. The molecule has 0 spiro atoms. The van der Waals surface area contributed by atoms with Crippen molar-refractivity contribution in [2.45, 2.75) is 46.5 Å². The molecule has 0 saturated carbocycles. The van der Waals surface area contributed by atoms with Gasteiger partial charge in [0, 0.05) is 33.5 Å². The Kier molecular flexibility index (Phi) is 11.7. The molecule has 0 aromatic heterocycles. The van der Waals surface area contributed by atoms with Crippen molar-refractivity contribution >= 4 is 24.2 Å². The van der Waals surface area contributed by atoms with Gasteiger partial charge in [-0.25, -0.2) is 0 Å². The molecule has 0 aliphatic rings. The predicted molar refractivity (Wildman–Crippen MR) is 84.9 cm³/mol. The molecule has 2 amide bonds. The molecule has 0 bridgehead atoms. The largest absolute Gasteiger partial charge is 0.356 e. The first-order valence-corrected chi connectivity index (χ1v) is 6.97. The topological polar surface area (TPSA) is 75.4 Å². The third kappa shape index (κ3) is 11.1. The van der Waals surface area contributed by atoms with Crippen LogP contribution in [0.4, 0.5) is 0 Å². The third-order valence-corrected chi connectivity index (χ3v) is 3.08. The van der Waals surface area contributed by atoms with Crippen LogP contribution in [0.2, 0.25) is 0 Å². The van der Waals surface area contributed by atoms with E-state index >= 15 is 0 Å². The van der Waals surface area contributed by atoms with Crippen LogP contribution >= 0.6 is 12.4 Å². The van der Waals surface area contributed by atoms with E-state index in [1.54, 1.807) is 4.90 Å². The molecule has 5 nitrogen and oxygen atoms in total. The lowest BCUT2D eigenvalue weighted by Crippen LogP contribution is -2.39. The number of carbonyl (C=O) groups excluding carboxylic acids is 2. The first-order chi connectivity index (χ1) is 8.78. The van der Waals surface area contributed by atoms with Crippen molar-refractivity contribution in [3.63, 3.8) is 0 Å². The van der Waals surface area contributed by atoms with Crippen LogP contribution in [0.5, 0.6) is 0 Å². The van der Waals surface area contributed by atoms with Gasteiger partial charge in [0.05, 0.1) is 0 Å². The van der Waals surface area contributed by atoms with E-state index in [0.29, 0.717) is 26.1 Å². The van der Waals surface area contributed by atoms with Crippen LogP contribution in [0.3, 0.4) is 0 Å². The summed E-state index contributed by atoms with van der Waals surface area (Å²) in [5.41, 5.74) is 5.63. The highest BCUT2D eigenvalue weighted by Gasteiger charge is 2.20. The smallest absolute Gasteiger partial charge is 0.222 e. The van der Waals surface area contributed by atoms with E-state index in [2.05, 4.69) is 19.2 Å². The lowest BCUT2D eigenvalue weighted by molar-refractivity contribution is -0.131. The monoisotopic (exact) mass is 307 g/mol. The van der Waals surface area contributed by atoms with Crippen molar-refractivity contribution in [2.75, 3.05) is 26.7 Å². The van der Waals surface area contributed by atoms with E-state index in [4.69, 9.17) is 5.73 Å². The van der Waals surface area contributed by atoms with Gasteiger partial charge in [-0.2, -0.15) is 0 Å². The van der Waals surface area contributed by atoms with Gasteiger partial charge in [-0.1, -0.05) is 20.3 Å². The maximum atomic E-state index is 11.9. The number of amides is 2. The van der Waals surface area contributed by atoms with E-state index in [9.17, 15) is 9.59 Å². The molecule has 0 aliphatic carbocycles. The molecule has 0 fully saturated rings. The van der Waals surface area contributed by atoms with Gasteiger partial charge in [0.2, 0.25) is 11.8 Å². The number of nitrogens with zero attached hydrogens (tertiary/aromatic N) is 1. The zero-order valence-electron chi connectivity index (χ0n) is 13.2. The second-order valence-corrected chi connectivity index (χ2v) is 5.91. The first-order valence-electron chi connectivity index (χ1n) is 6.97. The van der Waals surface area contributed by atoms with Crippen molar-refractivity contribution in [3.05, 3.63) is 0 Å². The molecule has 3 N–H and O–H groups in total. The Morgan fingerprint density at radius 1 is 1.20 bits per heavy atom. The Morgan fingerprint density at radius 2 is 1.80 bits per heavy atom. The fourth-order valence-electron chi connectivity index (χ4n) is 1.83. The van der Waals surface area contributed by atoms with Crippen LogP contribution in [-0.2, 0) is 9.59 Å². The fourth-order valence-corrected chi connectivity index (χ4v) is 1.83. The number of halogens is 1. The summed E-state index contributed by atoms with van der Waals surface area (Å²) in [5.74, 6) is 0.167. The maximum Gasteiger partial charge on any atom is 0.222 e. The summed E-state index contributed by atoms with van der Waals surface area (Å²) in [5, 5.41) is 2.75. The van der Waals surface area contributed by atoms with Gasteiger partial charge >= 0.3 is 0 Å². The van der Waals surface area contributed by atoms with Crippen LogP contribution in [-0.4, -0.2) is 43.4 Å². The molecular formula is C14H30ClN3O2. The van der Waals surface area contributed by atoms with E-state index in [0.717, 1.165) is 19.3 Å². The van der Waals surface area contributed by atoms with Crippen LogP contribution < -0.4 is 11.1 Å². The van der Waals surface area contributed by atoms with Gasteiger partial charge in [-0.15, -0.1) is 12.4 Å².